The third-order valence-electron chi connectivity index (χ3n) is 3.64. The number of likely N-dealkylation sites (tertiary alicyclic amines) is 1. The van der Waals surface area contributed by atoms with Gasteiger partial charge in [-0.15, -0.1) is 0 Å². The zero-order valence-corrected chi connectivity index (χ0v) is 11.0. The van der Waals surface area contributed by atoms with Crippen LogP contribution < -0.4 is 0 Å². The summed E-state index contributed by atoms with van der Waals surface area (Å²) < 4.78 is 26.1. The Labute approximate surface area is 115 Å². The van der Waals surface area contributed by atoms with E-state index in [2.05, 4.69) is 0 Å². The second-order valence-corrected chi connectivity index (χ2v) is 4.92. The van der Waals surface area contributed by atoms with Gasteiger partial charge in [0.15, 0.2) is 11.6 Å². The second kappa shape index (κ2) is 5.56. The highest BCUT2D eigenvalue weighted by Crippen LogP contribution is 2.25. The third kappa shape index (κ3) is 2.64. The molecule has 1 saturated heterocycles. The van der Waals surface area contributed by atoms with Gasteiger partial charge in [-0.25, -0.2) is 13.6 Å². The quantitative estimate of drug-likeness (QED) is 0.924. The predicted molar refractivity (Wildman–Crippen MR) is 67.1 cm³/mol. The number of hydrogen-bond acceptors (Lipinski definition) is 2. The number of carboxylic acids is 1. The van der Waals surface area contributed by atoms with Crippen LogP contribution in [0.25, 0.3) is 0 Å². The molecule has 0 radical (unpaired) electrons. The molecular weight excluding hydrogens is 268 g/mol. The van der Waals surface area contributed by atoms with Crippen LogP contribution in [0.3, 0.4) is 0 Å². The molecule has 6 heteroatoms. The predicted octanol–water partition coefficient (Wildman–Crippen LogP) is 2.14. The number of carbonyl (C=O) groups is 2. The summed E-state index contributed by atoms with van der Waals surface area (Å²) in [4.78, 5) is 24.7. The average Bonchev–Trinajstić information content (AvgIpc) is 2.89. The van der Waals surface area contributed by atoms with Gasteiger partial charge in [0, 0.05) is 6.54 Å². The first-order valence-electron chi connectivity index (χ1n) is 6.40. The zero-order valence-electron chi connectivity index (χ0n) is 11.0. The van der Waals surface area contributed by atoms with E-state index in [1.165, 1.54) is 11.0 Å². The maximum Gasteiger partial charge on any atom is 0.326 e. The number of carboxylic acid groups (broad SMARTS) is 1. The Kier molecular flexibility index (Phi) is 4.01. The molecule has 4 nitrogen and oxygen atoms in total. The fourth-order valence-corrected chi connectivity index (χ4v) is 2.46. The fraction of sp³-hybridized carbons (Fsp3) is 0.429. The summed E-state index contributed by atoms with van der Waals surface area (Å²) in [5.41, 5.74) is 0.338. The van der Waals surface area contributed by atoms with Gasteiger partial charge in [-0.3, -0.25) is 4.79 Å². The van der Waals surface area contributed by atoms with Crippen molar-refractivity contribution in [3.05, 3.63) is 35.4 Å². The van der Waals surface area contributed by atoms with Crippen LogP contribution in [0, 0.1) is 11.6 Å². The Morgan fingerprint density at radius 2 is 2.05 bits per heavy atom. The lowest BCUT2D eigenvalue weighted by atomic mass is 9.99. The summed E-state index contributed by atoms with van der Waals surface area (Å²) in [6, 6.07) is 2.46. The van der Waals surface area contributed by atoms with Gasteiger partial charge in [0.05, 0.1) is 5.92 Å². The molecule has 1 N–H and O–H groups in total. The molecule has 0 aromatic heterocycles. The standard InChI is InChI=1S/C14H15F2NO3/c1-8(9-4-5-10(15)11(16)7-9)13(18)17-6-2-3-12(17)14(19)20/h4-5,7-8,12H,2-3,6H2,1H3,(H,19,20). The molecule has 0 bridgehead atoms. The van der Waals surface area contributed by atoms with E-state index in [9.17, 15) is 18.4 Å². The number of carbonyl (C=O) groups excluding carboxylic acids is 1. The van der Waals surface area contributed by atoms with Crippen molar-refractivity contribution >= 4 is 11.9 Å². The first kappa shape index (κ1) is 14.4. The Morgan fingerprint density at radius 3 is 2.65 bits per heavy atom. The summed E-state index contributed by atoms with van der Waals surface area (Å²) in [7, 11) is 0. The molecule has 0 aliphatic carbocycles. The van der Waals surface area contributed by atoms with E-state index in [1.54, 1.807) is 6.92 Å². The summed E-state index contributed by atoms with van der Waals surface area (Å²) in [5, 5.41) is 9.06. The van der Waals surface area contributed by atoms with E-state index >= 15 is 0 Å². The van der Waals surface area contributed by atoms with Gasteiger partial charge in [0.2, 0.25) is 5.91 Å². The summed E-state index contributed by atoms with van der Waals surface area (Å²) in [5.74, 6) is -4.10. The van der Waals surface area contributed by atoms with Gasteiger partial charge >= 0.3 is 5.97 Å². The van der Waals surface area contributed by atoms with E-state index in [0.717, 1.165) is 12.1 Å². The minimum absolute atomic E-state index is 0.338. The SMILES string of the molecule is CC(C(=O)N1CCCC1C(=O)O)c1ccc(F)c(F)c1. The van der Waals surface area contributed by atoms with Gasteiger partial charge in [-0.1, -0.05) is 6.07 Å². The molecule has 2 unspecified atom stereocenters. The molecule has 20 heavy (non-hydrogen) atoms. The maximum atomic E-state index is 13.2. The molecular formula is C14H15F2NO3. The average molecular weight is 283 g/mol. The molecule has 1 fully saturated rings. The monoisotopic (exact) mass is 283 g/mol. The largest absolute Gasteiger partial charge is 0.480 e. The molecule has 2 rings (SSSR count). The molecule has 2 atom stereocenters. The highest BCUT2D eigenvalue weighted by Gasteiger charge is 2.36. The number of amides is 1. The van der Waals surface area contributed by atoms with Gasteiger partial charge in [-0.2, -0.15) is 0 Å². The highest BCUT2D eigenvalue weighted by atomic mass is 19.2. The van der Waals surface area contributed by atoms with Gasteiger partial charge < -0.3 is 10.0 Å². The van der Waals surface area contributed by atoms with Gasteiger partial charge in [0.1, 0.15) is 6.04 Å². The van der Waals surface area contributed by atoms with Crippen LogP contribution in [0.2, 0.25) is 0 Å². The number of nitrogens with zero attached hydrogens (tertiary/aromatic N) is 1. The fourth-order valence-electron chi connectivity index (χ4n) is 2.46. The zero-order chi connectivity index (χ0) is 14.9. The number of benzene rings is 1. The summed E-state index contributed by atoms with van der Waals surface area (Å²) in [6.45, 7) is 1.94. The van der Waals surface area contributed by atoms with E-state index < -0.39 is 29.6 Å². The van der Waals surface area contributed by atoms with Crippen molar-refractivity contribution in [2.75, 3.05) is 6.54 Å². The van der Waals surface area contributed by atoms with Crippen molar-refractivity contribution in [1.82, 2.24) is 4.90 Å². The van der Waals surface area contributed by atoms with Crippen LogP contribution in [0.1, 0.15) is 31.2 Å². The number of halogens is 2. The second-order valence-electron chi connectivity index (χ2n) is 4.92. The lowest BCUT2D eigenvalue weighted by Crippen LogP contribution is -2.42. The van der Waals surface area contributed by atoms with Crippen LogP contribution in [-0.4, -0.2) is 34.5 Å². The van der Waals surface area contributed by atoms with Crippen molar-refractivity contribution in [2.45, 2.75) is 31.7 Å². The lowest BCUT2D eigenvalue weighted by molar-refractivity contribution is -0.148. The highest BCUT2D eigenvalue weighted by molar-refractivity contribution is 5.88. The van der Waals surface area contributed by atoms with E-state index in [0.29, 0.717) is 24.9 Å². The molecule has 1 aliphatic rings. The summed E-state index contributed by atoms with van der Waals surface area (Å²) in [6.07, 6.45) is 1.05. The van der Waals surface area contributed by atoms with Crippen molar-refractivity contribution < 1.29 is 23.5 Å². The van der Waals surface area contributed by atoms with Gasteiger partial charge in [0.25, 0.3) is 0 Å². The van der Waals surface area contributed by atoms with Gasteiger partial charge in [-0.05, 0) is 37.5 Å². The lowest BCUT2D eigenvalue weighted by Gasteiger charge is -2.25. The van der Waals surface area contributed by atoms with Crippen LogP contribution in [0.15, 0.2) is 18.2 Å². The van der Waals surface area contributed by atoms with Crippen LogP contribution in [0.5, 0.6) is 0 Å². The Hall–Kier alpha value is -1.98. The molecule has 1 aromatic carbocycles. The normalized spacial score (nSPS) is 19.9. The number of aliphatic carboxylic acids is 1. The molecule has 1 heterocycles. The number of hydrogen-bond donors (Lipinski definition) is 1. The topological polar surface area (TPSA) is 57.6 Å². The van der Waals surface area contributed by atoms with E-state index in [-0.39, 0.29) is 5.91 Å². The Morgan fingerprint density at radius 1 is 1.35 bits per heavy atom. The first-order valence-corrected chi connectivity index (χ1v) is 6.40. The Bertz CT molecular complexity index is 547. The third-order valence-corrected chi connectivity index (χ3v) is 3.64. The minimum atomic E-state index is -1.03. The smallest absolute Gasteiger partial charge is 0.326 e. The summed E-state index contributed by atoms with van der Waals surface area (Å²) >= 11 is 0. The molecule has 108 valence electrons. The van der Waals surface area contributed by atoms with Crippen molar-refractivity contribution in [2.24, 2.45) is 0 Å². The minimum Gasteiger partial charge on any atom is -0.480 e. The molecule has 1 aliphatic heterocycles. The van der Waals surface area contributed by atoms with Crippen molar-refractivity contribution in [3.8, 4) is 0 Å². The van der Waals surface area contributed by atoms with Crippen molar-refractivity contribution in [1.29, 1.82) is 0 Å². The van der Waals surface area contributed by atoms with E-state index in [4.69, 9.17) is 5.11 Å². The van der Waals surface area contributed by atoms with Crippen molar-refractivity contribution in [3.63, 3.8) is 0 Å². The van der Waals surface area contributed by atoms with Crippen LogP contribution >= 0.6 is 0 Å². The maximum absolute atomic E-state index is 13.2. The van der Waals surface area contributed by atoms with Crippen LogP contribution in [-0.2, 0) is 9.59 Å². The molecule has 0 saturated carbocycles. The molecule has 1 amide bonds. The Balaban J connectivity index is 2.19. The first-order chi connectivity index (χ1) is 9.41. The molecule has 1 aromatic rings. The van der Waals surface area contributed by atoms with Crippen LogP contribution in [0.4, 0.5) is 8.78 Å². The molecule has 0 spiro atoms. The number of rotatable bonds is 3. The van der Waals surface area contributed by atoms with E-state index in [1.807, 2.05) is 0 Å².